The molecule has 1 aromatic carbocycles. The third-order valence-corrected chi connectivity index (χ3v) is 4.03. The SMILES string of the molecule is CCC(C)CN(C)c1ccc2c(c1)N(C)C(=O)C2N. The van der Waals surface area contributed by atoms with Gasteiger partial charge in [-0.2, -0.15) is 0 Å². The van der Waals surface area contributed by atoms with Crippen molar-refractivity contribution in [3.05, 3.63) is 23.8 Å². The zero-order valence-corrected chi connectivity index (χ0v) is 12.2. The Morgan fingerprint density at radius 1 is 1.47 bits per heavy atom. The van der Waals surface area contributed by atoms with Crippen molar-refractivity contribution < 1.29 is 4.79 Å². The highest BCUT2D eigenvalue weighted by atomic mass is 16.2. The van der Waals surface area contributed by atoms with Gasteiger partial charge in [-0.3, -0.25) is 4.79 Å². The van der Waals surface area contributed by atoms with Crippen molar-refractivity contribution in [2.24, 2.45) is 11.7 Å². The van der Waals surface area contributed by atoms with E-state index in [1.54, 1.807) is 11.9 Å². The highest BCUT2D eigenvalue weighted by molar-refractivity contribution is 6.04. The van der Waals surface area contributed by atoms with Gasteiger partial charge in [0.2, 0.25) is 5.91 Å². The number of hydrogen-bond donors (Lipinski definition) is 1. The maximum Gasteiger partial charge on any atom is 0.248 e. The van der Waals surface area contributed by atoms with Crippen LogP contribution < -0.4 is 15.5 Å². The van der Waals surface area contributed by atoms with E-state index < -0.39 is 6.04 Å². The molecule has 0 aliphatic carbocycles. The van der Waals surface area contributed by atoms with Gasteiger partial charge in [-0.15, -0.1) is 0 Å². The minimum atomic E-state index is -0.506. The Balaban J connectivity index is 2.25. The van der Waals surface area contributed by atoms with Gasteiger partial charge in [0.15, 0.2) is 0 Å². The lowest BCUT2D eigenvalue weighted by molar-refractivity contribution is -0.118. The van der Waals surface area contributed by atoms with Crippen LogP contribution in [0.15, 0.2) is 18.2 Å². The summed E-state index contributed by atoms with van der Waals surface area (Å²) in [7, 11) is 3.87. The first-order valence-electron chi connectivity index (χ1n) is 6.84. The lowest BCUT2D eigenvalue weighted by Gasteiger charge is -2.24. The van der Waals surface area contributed by atoms with Crippen LogP contribution in [-0.4, -0.2) is 26.5 Å². The number of anilines is 2. The monoisotopic (exact) mass is 261 g/mol. The topological polar surface area (TPSA) is 49.6 Å². The van der Waals surface area contributed by atoms with Crippen LogP contribution in [0.2, 0.25) is 0 Å². The smallest absolute Gasteiger partial charge is 0.248 e. The van der Waals surface area contributed by atoms with E-state index in [9.17, 15) is 4.79 Å². The molecular weight excluding hydrogens is 238 g/mol. The Bertz CT molecular complexity index is 486. The molecule has 0 fully saturated rings. The summed E-state index contributed by atoms with van der Waals surface area (Å²) < 4.78 is 0. The average molecular weight is 261 g/mol. The molecule has 4 nitrogen and oxygen atoms in total. The molecule has 2 rings (SSSR count). The summed E-state index contributed by atoms with van der Waals surface area (Å²) in [6.07, 6.45) is 1.17. The van der Waals surface area contributed by atoms with Gasteiger partial charge >= 0.3 is 0 Å². The van der Waals surface area contributed by atoms with Gasteiger partial charge < -0.3 is 15.5 Å². The Labute approximate surface area is 115 Å². The number of benzene rings is 1. The fourth-order valence-electron chi connectivity index (χ4n) is 2.49. The molecule has 2 unspecified atom stereocenters. The molecule has 2 atom stereocenters. The van der Waals surface area contributed by atoms with E-state index in [1.807, 2.05) is 12.1 Å². The van der Waals surface area contributed by atoms with Crippen LogP contribution in [0.5, 0.6) is 0 Å². The summed E-state index contributed by atoms with van der Waals surface area (Å²) >= 11 is 0. The lowest BCUT2D eigenvalue weighted by atomic mass is 10.1. The molecule has 1 aliphatic heterocycles. The molecule has 1 amide bonds. The Kier molecular flexibility index (Phi) is 3.80. The van der Waals surface area contributed by atoms with Crippen LogP contribution in [0, 0.1) is 5.92 Å². The number of nitrogens with zero attached hydrogens (tertiary/aromatic N) is 2. The van der Waals surface area contributed by atoms with Crippen molar-refractivity contribution in [1.82, 2.24) is 0 Å². The summed E-state index contributed by atoms with van der Waals surface area (Å²) in [4.78, 5) is 15.7. The second-order valence-corrected chi connectivity index (χ2v) is 5.51. The number of carbonyl (C=O) groups is 1. The van der Waals surface area contributed by atoms with Gasteiger partial charge in [-0.05, 0) is 18.1 Å². The van der Waals surface area contributed by atoms with E-state index in [0.717, 1.165) is 23.5 Å². The average Bonchev–Trinajstić information content (AvgIpc) is 2.63. The van der Waals surface area contributed by atoms with Crippen LogP contribution >= 0.6 is 0 Å². The highest BCUT2D eigenvalue weighted by Crippen LogP contribution is 2.36. The van der Waals surface area contributed by atoms with Crippen LogP contribution in [0.3, 0.4) is 0 Å². The first-order chi connectivity index (χ1) is 8.95. The lowest BCUT2D eigenvalue weighted by Crippen LogP contribution is -2.28. The fourth-order valence-corrected chi connectivity index (χ4v) is 2.49. The van der Waals surface area contributed by atoms with Crippen LogP contribution in [-0.2, 0) is 4.79 Å². The predicted octanol–water partition coefficient (Wildman–Crippen LogP) is 2.15. The third-order valence-electron chi connectivity index (χ3n) is 4.03. The summed E-state index contributed by atoms with van der Waals surface area (Å²) in [5, 5.41) is 0. The quantitative estimate of drug-likeness (QED) is 0.903. The number of rotatable bonds is 4. The van der Waals surface area contributed by atoms with Crippen molar-refractivity contribution >= 4 is 17.3 Å². The van der Waals surface area contributed by atoms with Gasteiger partial charge in [0.25, 0.3) is 0 Å². The van der Waals surface area contributed by atoms with E-state index >= 15 is 0 Å². The predicted molar refractivity (Wildman–Crippen MR) is 79.5 cm³/mol. The molecule has 1 aromatic rings. The first-order valence-corrected chi connectivity index (χ1v) is 6.84. The summed E-state index contributed by atoms with van der Waals surface area (Å²) in [5.41, 5.74) is 8.90. The molecule has 4 heteroatoms. The molecule has 19 heavy (non-hydrogen) atoms. The van der Waals surface area contributed by atoms with Crippen LogP contribution in [0.1, 0.15) is 31.9 Å². The summed E-state index contributed by atoms with van der Waals surface area (Å²) in [6.45, 7) is 5.46. The van der Waals surface area contributed by atoms with E-state index in [4.69, 9.17) is 5.73 Å². The number of likely N-dealkylation sites (N-methyl/N-ethyl adjacent to an activating group) is 1. The normalized spacial score (nSPS) is 19.5. The Hall–Kier alpha value is -1.55. The summed E-state index contributed by atoms with van der Waals surface area (Å²) in [5.74, 6) is 0.622. The van der Waals surface area contributed by atoms with Crippen molar-refractivity contribution in [2.45, 2.75) is 26.3 Å². The zero-order chi connectivity index (χ0) is 14.2. The molecule has 0 spiro atoms. The summed E-state index contributed by atoms with van der Waals surface area (Å²) in [6, 6.07) is 5.58. The van der Waals surface area contributed by atoms with E-state index in [0.29, 0.717) is 5.92 Å². The number of hydrogen-bond acceptors (Lipinski definition) is 3. The highest BCUT2D eigenvalue weighted by Gasteiger charge is 2.32. The molecule has 0 saturated carbocycles. The minimum absolute atomic E-state index is 0.0308. The maximum absolute atomic E-state index is 11.9. The second kappa shape index (κ2) is 5.21. The molecule has 1 heterocycles. The number of nitrogens with two attached hydrogens (primary N) is 1. The van der Waals surface area contributed by atoms with E-state index in [2.05, 4.69) is 31.9 Å². The molecule has 0 saturated heterocycles. The zero-order valence-electron chi connectivity index (χ0n) is 12.2. The van der Waals surface area contributed by atoms with Crippen molar-refractivity contribution in [3.8, 4) is 0 Å². The van der Waals surface area contributed by atoms with Gasteiger partial charge in [-0.1, -0.05) is 26.3 Å². The van der Waals surface area contributed by atoms with Crippen molar-refractivity contribution in [1.29, 1.82) is 0 Å². The maximum atomic E-state index is 11.9. The first kappa shape index (κ1) is 13.9. The van der Waals surface area contributed by atoms with Crippen molar-refractivity contribution in [2.75, 3.05) is 30.4 Å². The van der Waals surface area contributed by atoms with Gasteiger partial charge in [0, 0.05) is 31.9 Å². The standard InChI is InChI=1S/C15H23N3O/c1-5-10(2)9-17(3)11-6-7-12-13(8-11)18(4)15(19)14(12)16/h6-8,10,14H,5,9,16H2,1-4H3. The Morgan fingerprint density at radius 2 is 2.16 bits per heavy atom. The Morgan fingerprint density at radius 3 is 2.79 bits per heavy atom. The molecule has 1 aliphatic rings. The molecule has 2 N–H and O–H groups in total. The second-order valence-electron chi connectivity index (χ2n) is 5.51. The molecule has 104 valence electrons. The molecule has 0 bridgehead atoms. The fraction of sp³-hybridized carbons (Fsp3) is 0.533. The van der Waals surface area contributed by atoms with Gasteiger partial charge in [0.1, 0.15) is 6.04 Å². The van der Waals surface area contributed by atoms with Gasteiger partial charge in [0.05, 0.1) is 5.69 Å². The van der Waals surface area contributed by atoms with E-state index in [1.165, 1.54) is 6.42 Å². The van der Waals surface area contributed by atoms with Crippen LogP contribution in [0.25, 0.3) is 0 Å². The largest absolute Gasteiger partial charge is 0.374 e. The molecule has 0 aromatic heterocycles. The third kappa shape index (κ3) is 2.45. The minimum Gasteiger partial charge on any atom is -0.374 e. The van der Waals surface area contributed by atoms with Crippen molar-refractivity contribution in [3.63, 3.8) is 0 Å². The number of fused-ring (bicyclic) bond motifs is 1. The number of amides is 1. The van der Waals surface area contributed by atoms with Gasteiger partial charge in [-0.25, -0.2) is 0 Å². The van der Waals surface area contributed by atoms with Crippen LogP contribution in [0.4, 0.5) is 11.4 Å². The molecular formula is C15H23N3O. The van der Waals surface area contributed by atoms with E-state index in [-0.39, 0.29) is 5.91 Å². The molecule has 0 radical (unpaired) electrons. The number of carbonyl (C=O) groups excluding carboxylic acids is 1.